The second-order valence-electron chi connectivity index (χ2n) is 4.69. The molecular weight excluding hydrogens is 312 g/mol. The fraction of sp³-hybridized carbons (Fsp3) is 0.0625. The maximum atomic E-state index is 11.9. The lowest BCUT2D eigenvalue weighted by atomic mass is 10.3. The van der Waals surface area contributed by atoms with Crippen LogP contribution in [0.5, 0.6) is 0 Å². The van der Waals surface area contributed by atoms with Gasteiger partial charge < -0.3 is 0 Å². The Morgan fingerprint density at radius 1 is 1.13 bits per heavy atom. The Kier molecular flexibility index (Phi) is 4.20. The quantitative estimate of drug-likeness (QED) is 0.589. The van der Waals surface area contributed by atoms with Crippen molar-refractivity contribution in [1.29, 1.82) is 0 Å². The number of carbonyl (C=O) groups is 2. The zero-order valence-electron chi connectivity index (χ0n) is 12.2. The number of hydrogen-bond acceptors (Lipinski definition) is 6. The van der Waals surface area contributed by atoms with E-state index in [1.54, 1.807) is 12.3 Å². The molecule has 0 radical (unpaired) electrons. The highest BCUT2D eigenvalue weighted by Crippen LogP contribution is 2.18. The maximum absolute atomic E-state index is 11.9. The molecule has 0 aliphatic rings. The van der Waals surface area contributed by atoms with Crippen molar-refractivity contribution in [2.24, 2.45) is 0 Å². The summed E-state index contributed by atoms with van der Waals surface area (Å²) < 4.78 is 0. The highest BCUT2D eigenvalue weighted by molar-refractivity contribution is 7.17. The minimum Gasteiger partial charge on any atom is -0.298 e. The third-order valence-electron chi connectivity index (χ3n) is 2.96. The number of nitrogens with zero attached hydrogens (tertiary/aromatic N) is 3. The van der Waals surface area contributed by atoms with Gasteiger partial charge in [0.2, 0.25) is 5.91 Å². The van der Waals surface area contributed by atoms with Crippen molar-refractivity contribution in [2.45, 2.75) is 6.92 Å². The highest BCUT2D eigenvalue weighted by atomic mass is 32.1. The zero-order chi connectivity index (χ0) is 16.2. The van der Waals surface area contributed by atoms with Gasteiger partial charge in [0.1, 0.15) is 0 Å². The molecule has 114 valence electrons. The maximum Gasteiger partial charge on any atom is 0.250 e. The number of hydrogen-bond donors (Lipinski definition) is 1. The number of Topliss-reactive ketones (excluding diaryl/α,β-unsaturated/α-hetero) is 1. The van der Waals surface area contributed by atoms with Crippen LogP contribution in [-0.2, 0) is 4.79 Å². The van der Waals surface area contributed by atoms with Gasteiger partial charge in [0.15, 0.2) is 10.9 Å². The van der Waals surface area contributed by atoms with Gasteiger partial charge in [-0.2, -0.15) is 0 Å². The molecule has 3 rings (SSSR count). The van der Waals surface area contributed by atoms with Crippen LogP contribution in [0.3, 0.4) is 0 Å². The molecule has 0 atom stereocenters. The molecule has 1 amide bonds. The van der Waals surface area contributed by atoms with Crippen LogP contribution in [0.1, 0.15) is 22.3 Å². The summed E-state index contributed by atoms with van der Waals surface area (Å²) in [6.07, 6.45) is 5.98. The molecule has 23 heavy (non-hydrogen) atoms. The first-order valence-electron chi connectivity index (χ1n) is 6.79. The monoisotopic (exact) mass is 324 g/mol. The van der Waals surface area contributed by atoms with E-state index >= 15 is 0 Å². The molecule has 0 aliphatic heterocycles. The van der Waals surface area contributed by atoms with Gasteiger partial charge in [-0.3, -0.25) is 19.9 Å². The number of nitrogens with one attached hydrogen (secondary N) is 1. The predicted octanol–water partition coefficient (Wildman–Crippen LogP) is 2.94. The molecule has 2 heterocycles. The average Bonchev–Trinajstić information content (AvgIpc) is 3.01. The summed E-state index contributed by atoms with van der Waals surface area (Å²) in [5, 5.41) is 2.99. The Bertz CT molecular complexity index is 917. The van der Waals surface area contributed by atoms with Crippen LogP contribution < -0.4 is 5.32 Å². The summed E-state index contributed by atoms with van der Waals surface area (Å²) in [5.74, 6) is -0.422. The third kappa shape index (κ3) is 3.64. The minimum absolute atomic E-state index is 0.0787. The molecule has 0 bridgehead atoms. The van der Waals surface area contributed by atoms with Gasteiger partial charge in [-0.15, -0.1) is 0 Å². The van der Waals surface area contributed by atoms with Gasteiger partial charge in [0.05, 0.1) is 34.0 Å². The smallest absolute Gasteiger partial charge is 0.250 e. The van der Waals surface area contributed by atoms with Crippen molar-refractivity contribution < 1.29 is 9.59 Å². The lowest BCUT2D eigenvalue weighted by molar-refractivity contribution is -0.111. The normalized spacial score (nSPS) is 11.0. The highest BCUT2D eigenvalue weighted by Gasteiger charge is 2.07. The fourth-order valence-corrected chi connectivity index (χ4v) is 2.57. The molecule has 7 heteroatoms. The summed E-state index contributed by atoms with van der Waals surface area (Å²) in [4.78, 5) is 36.2. The van der Waals surface area contributed by atoms with E-state index in [1.165, 1.54) is 19.2 Å². The van der Waals surface area contributed by atoms with Crippen LogP contribution in [0.25, 0.3) is 17.1 Å². The number of para-hydroxylation sites is 2. The molecule has 0 spiro atoms. The van der Waals surface area contributed by atoms with Crippen LogP contribution in [0.4, 0.5) is 5.13 Å². The van der Waals surface area contributed by atoms with Crippen molar-refractivity contribution >= 4 is 45.3 Å². The number of ketones is 1. The van der Waals surface area contributed by atoms with E-state index in [9.17, 15) is 9.59 Å². The fourth-order valence-electron chi connectivity index (χ4n) is 1.85. The first-order chi connectivity index (χ1) is 11.1. The Morgan fingerprint density at radius 3 is 2.65 bits per heavy atom. The summed E-state index contributed by atoms with van der Waals surface area (Å²) >= 11 is 1.14. The lowest BCUT2D eigenvalue weighted by Crippen LogP contribution is -2.07. The average molecular weight is 324 g/mol. The summed E-state index contributed by atoms with van der Waals surface area (Å²) in [7, 11) is 0. The van der Waals surface area contributed by atoms with E-state index < -0.39 is 0 Å². The van der Waals surface area contributed by atoms with E-state index in [0.29, 0.717) is 15.7 Å². The Balaban J connectivity index is 1.70. The molecule has 1 N–H and O–H groups in total. The standard InChI is InChI=1S/C16H12N4O2S/c1-10(21)14-9-18-16(23-14)20-15(22)7-6-11-8-17-12-4-2-3-5-13(12)19-11/h2-9H,1H3,(H,18,20,22). The van der Waals surface area contributed by atoms with Crippen molar-refractivity contribution in [3.8, 4) is 0 Å². The molecule has 6 nitrogen and oxygen atoms in total. The van der Waals surface area contributed by atoms with Crippen molar-refractivity contribution in [3.63, 3.8) is 0 Å². The summed E-state index contributed by atoms with van der Waals surface area (Å²) in [6.45, 7) is 1.46. The number of carbonyl (C=O) groups excluding carboxylic acids is 2. The van der Waals surface area contributed by atoms with Gasteiger partial charge in [-0.1, -0.05) is 23.5 Å². The van der Waals surface area contributed by atoms with Crippen LogP contribution >= 0.6 is 11.3 Å². The largest absolute Gasteiger partial charge is 0.298 e. The number of anilines is 1. The van der Waals surface area contributed by atoms with Crippen molar-refractivity contribution in [3.05, 3.63) is 53.3 Å². The van der Waals surface area contributed by atoms with Crippen LogP contribution in [0, 0.1) is 0 Å². The zero-order valence-corrected chi connectivity index (χ0v) is 13.0. The Hall–Kier alpha value is -2.93. The third-order valence-corrected chi connectivity index (χ3v) is 3.97. The number of benzene rings is 1. The molecule has 3 aromatic rings. The van der Waals surface area contributed by atoms with Crippen LogP contribution in [0.2, 0.25) is 0 Å². The number of amides is 1. The van der Waals surface area contributed by atoms with E-state index in [2.05, 4.69) is 20.3 Å². The number of thiazole rings is 1. The van der Waals surface area contributed by atoms with Crippen LogP contribution in [0.15, 0.2) is 42.7 Å². The van der Waals surface area contributed by atoms with Gasteiger partial charge in [0.25, 0.3) is 0 Å². The number of fused-ring (bicyclic) bond motifs is 1. The predicted molar refractivity (Wildman–Crippen MR) is 89.3 cm³/mol. The van der Waals surface area contributed by atoms with Gasteiger partial charge in [0, 0.05) is 13.0 Å². The SMILES string of the molecule is CC(=O)c1cnc(NC(=O)C=Cc2cnc3ccccc3n2)s1. The summed E-state index contributed by atoms with van der Waals surface area (Å²) in [5.41, 5.74) is 2.15. The van der Waals surface area contributed by atoms with Crippen molar-refractivity contribution in [2.75, 3.05) is 5.32 Å². The second kappa shape index (κ2) is 6.45. The Morgan fingerprint density at radius 2 is 1.91 bits per heavy atom. The minimum atomic E-state index is -0.343. The molecule has 0 fully saturated rings. The van der Waals surface area contributed by atoms with Gasteiger partial charge in [-0.05, 0) is 18.2 Å². The number of aromatic nitrogens is 3. The first kappa shape index (κ1) is 15.0. The van der Waals surface area contributed by atoms with Crippen LogP contribution in [-0.4, -0.2) is 26.6 Å². The topological polar surface area (TPSA) is 84.8 Å². The van der Waals surface area contributed by atoms with Crippen molar-refractivity contribution in [1.82, 2.24) is 15.0 Å². The molecule has 0 saturated carbocycles. The molecule has 0 aliphatic carbocycles. The number of rotatable bonds is 4. The van der Waals surface area contributed by atoms with Gasteiger partial charge in [-0.25, -0.2) is 9.97 Å². The second-order valence-corrected chi connectivity index (χ2v) is 5.72. The molecule has 1 aromatic carbocycles. The summed E-state index contributed by atoms with van der Waals surface area (Å²) in [6, 6.07) is 7.51. The first-order valence-corrected chi connectivity index (χ1v) is 7.61. The van der Waals surface area contributed by atoms with E-state index in [0.717, 1.165) is 22.4 Å². The lowest BCUT2D eigenvalue weighted by Gasteiger charge is -1.98. The van der Waals surface area contributed by atoms with E-state index in [4.69, 9.17) is 0 Å². The molecule has 2 aromatic heterocycles. The molecular formula is C16H12N4O2S. The molecule has 0 unspecified atom stereocenters. The Labute approximate surface area is 135 Å². The van der Waals surface area contributed by atoms with E-state index in [-0.39, 0.29) is 11.7 Å². The van der Waals surface area contributed by atoms with E-state index in [1.807, 2.05) is 24.3 Å². The molecule has 0 saturated heterocycles. The van der Waals surface area contributed by atoms with Gasteiger partial charge >= 0.3 is 0 Å².